The van der Waals surface area contributed by atoms with E-state index < -0.39 is 0 Å². The summed E-state index contributed by atoms with van der Waals surface area (Å²) in [6, 6.07) is 7.78. The lowest BCUT2D eigenvalue weighted by molar-refractivity contribution is -0.154. The van der Waals surface area contributed by atoms with Gasteiger partial charge in [0, 0.05) is 17.1 Å². The number of carbonyl (C=O) groups excluding carboxylic acids is 1. The summed E-state index contributed by atoms with van der Waals surface area (Å²) in [6.45, 7) is 4.66. The normalized spacial score (nSPS) is 16.9. The van der Waals surface area contributed by atoms with Crippen LogP contribution < -0.4 is 4.74 Å². The zero-order chi connectivity index (χ0) is 16.9. The van der Waals surface area contributed by atoms with Crippen LogP contribution in [0, 0.1) is 0 Å². The van der Waals surface area contributed by atoms with Gasteiger partial charge in [0.05, 0.1) is 6.61 Å². The Hall–Kier alpha value is -1.97. The van der Waals surface area contributed by atoms with Gasteiger partial charge < -0.3 is 14.0 Å². The summed E-state index contributed by atoms with van der Waals surface area (Å²) in [7, 11) is 0. The number of aromatic nitrogens is 1. The van der Waals surface area contributed by atoms with Crippen molar-refractivity contribution in [2.75, 3.05) is 6.61 Å². The Balaban J connectivity index is 1.79. The van der Waals surface area contributed by atoms with E-state index in [1.54, 1.807) is 0 Å². The van der Waals surface area contributed by atoms with Gasteiger partial charge in [-0.25, -0.2) is 4.79 Å². The van der Waals surface area contributed by atoms with Gasteiger partial charge in [-0.1, -0.05) is 13.3 Å². The number of rotatable bonds is 6. The fourth-order valence-corrected chi connectivity index (χ4v) is 3.57. The van der Waals surface area contributed by atoms with E-state index in [0.717, 1.165) is 35.9 Å². The van der Waals surface area contributed by atoms with Gasteiger partial charge in [-0.15, -0.1) is 0 Å². The average Bonchev–Trinajstić information content (AvgIpc) is 3.00. The summed E-state index contributed by atoms with van der Waals surface area (Å²) in [5.74, 6) is 0.761. The lowest BCUT2D eigenvalue weighted by Crippen LogP contribution is -2.27. The number of hydrogen-bond donors (Lipinski definition) is 0. The molecule has 130 valence electrons. The number of fused-ring (bicyclic) bond motifs is 1. The van der Waals surface area contributed by atoms with Crippen molar-refractivity contribution in [1.82, 2.24) is 4.57 Å². The van der Waals surface area contributed by atoms with Crippen LogP contribution in [0.25, 0.3) is 10.9 Å². The molecular formula is C20H27NO3. The molecule has 1 atom stereocenters. The van der Waals surface area contributed by atoms with Crippen LogP contribution in [0.3, 0.4) is 0 Å². The van der Waals surface area contributed by atoms with Gasteiger partial charge >= 0.3 is 5.97 Å². The highest BCUT2D eigenvalue weighted by Crippen LogP contribution is 2.28. The molecule has 1 aliphatic rings. The Labute approximate surface area is 143 Å². The molecule has 0 N–H and O–H groups in total. The molecule has 24 heavy (non-hydrogen) atoms. The molecule has 1 fully saturated rings. The molecule has 0 saturated heterocycles. The number of ether oxygens (including phenoxy) is 2. The highest BCUT2D eigenvalue weighted by Gasteiger charge is 2.25. The lowest BCUT2D eigenvalue weighted by Gasteiger charge is -2.25. The molecule has 1 aliphatic carbocycles. The van der Waals surface area contributed by atoms with Crippen LogP contribution in [0.2, 0.25) is 0 Å². The van der Waals surface area contributed by atoms with Gasteiger partial charge in [0.25, 0.3) is 0 Å². The number of benzene rings is 1. The largest absolute Gasteiger partial charge is 0.494 e. The van der Waals surface area contributed by atoms with Gasteiger partial charge in [-0.3, -0.25) is 0 Å². The fraction of sp³-hybridized carbons (Fsp3) is 0.550. The molecular weight excluding hydrogens is 302 g/mol. The Morgan fingerprint density at radius 3 is 2.71 bits per heavy atom. The quantitative estimate of drug-likeness (QED) is 0.710. The minimum atomic E-state index is -0.262. The SMILES string of the molecule is CCOc1ccc2c(ccn2C(CC)C(=O)OC2CCCCC2)c1. The van der Waals surface area contributed by atoms with Crippen molar-refractivity contribution in [3.05, 3.63) is 30.5 Å². The van der Waals surface area contributed by atoms with Crippen molar-refractivity contribution in [2.45, 2.75) is 64.5 Å². The zero-order valence-corrected chi connectivity index (χ0v) is 14.7. The first-order valence-electron chi connectivity index (χ1n) is 9.16. The van der Waals surface area contributed by atoms with Crippen molar-refractivity contribution >= 4 is 16.9 Å². The Morgan fingerprint density at radius 1 is 1.21 bits per heavy atom. The van der Waals surface area contributed by atoms with Crippen molar-refractivity contribution < 1.29 is 14.3 Å². The molecule has 1 heterocycles. The topological polar surface area (TPSA) is 40.5 Å². The first-order chi connectivity index (χ1) is 11.7. The summed E-state index contributed by atoms with van der Waals surface area (Å²) in [6.07, 6.45) is 8.42. The van der Waals surface area contributed by atoms with Crippen molar-refractivity contribution in [3.63, 3.8) is 0 Å². The van der Waals surface area contributed by atoms with Crippen LogP contribution in [-0.4, -0.2) is 23.2 Å². The predicted molar refractivity (Wildman–Crippen MR) is 95.4 cm³/mol. The minimum Gasteiger partial charge on any atom is -0.494 e. The van der Waals surface area contributed by atoms with Crippen molar-refractivity contribution in [3.8, 4) is 5.75 Å². The molecule has 1 aromatic carbocycles. The third kappa shape index (κ3) is 3.58. The summed E-state index contributed by atoms with van der Waals surface area (Å²) in [4.78, 5) is 12.7. The molecule has 3 rings (SSSR count). The number of esters is 1. The molecule has 0 amide bonds. The molecule has 0 bridgehead atoms. The van der Waals surface area contributed by atoms with Crippen LogP contribution >= 0.6 is 0 Å². The molecule has 0 radical (unpaired) electrons. The van der Waals surface area contributed by atoms with E-state index in [-0.39, 0.29) is 18.1 Å². The Morgan fingerprint density at radius 2 is 2.00 bits per heavy atom. The van der Waals surface area contributed by atoms with Crippen LogP contribution in [-0.2, 0) is 9.53 Å². The van der Waals surface area contributed by atoms with E-state index in [9.17, 15) is 4.79 Å². The maximum atomic E-state index is 12.7. The zero-order valence-electron chi connectivity index (χ0n) is 14.7. The van der Waals surface area contributed by atoms with E-state index in [2.05, 4.69) is 0 Å². The fourth-order valence-electron chi connectivity index (χ4n) is 3.57. The van der Waals surface area contributed by atoms with E-state index in [4.69, 9.17) is 9.47 Å². The summed E-state index contributed by atoms with van der Waals surface area (Å²) in [5.41, 5.74) is 1.05. The lowest BCUT2D eigenvalue weighted by atomic mass is 9.98. The smallest absolute Gasteiger partial charge is 0.329 e. The Kier molecular flexibility index (Phi) is 5.44. The summed E-state index contributed by atoms with van der Waals surface area (Å²) in [5, 5.41) is 1.09. The molecule has 1 aromatic heterocycles. The van der Waals surface area contributed by atoms with Crippen molar-refractivity contribution in [2.24, 2.45) is 0 Å². The molecule has 0 aliphatic heterocycles. The predicted octanol–water partition coefficient (Wildman–Crippen LogP) is 4.87. The maximum Gasteiger partial charge on any atom is 0.329 e. The van der Waals surface area contributed by atoms with Gasteiger partial charge in [-0.2, -0.15) is 0 Å². The van der Waals surface area contributed by atoms with E-state index in [1.165, 1.54) is 19.3 Å². The standard InChI is InChI=1S/C20H27NO3/c1-3-18(20(22)24-16-8-6-5-7-9-16)21-13-12-15-14-17(23-4-2)10-11-19(15)21/h10-14,16,18H,3-9H2,1-2H3. The number of nitrogens with zero attached hydrogens (tertiary/aromatic N) is 1. The monoisotopic (exact) mass is 329 g/mol. The number of hydrogen-bond acceptors (Lipinski definition) is 3. The van der Waals surface area contributed by atoms with Gasteiger partial charge in [0.1, 0.15) is 17.9 Å². The molecule has 4 heteroatoms. The van der Waals surface area contributed by atoms with Crippen LogP contribution in [0.15, 0.2) is 30.5 Å². The first kappa shape index (κ1) is 16.9. The summed E-state index contributed by atoms with van der Waals surface area (Å²) < 4.78 is 13.4. The van der Waals surface area contributed by atoms with Crippen LogP contribution in [0.4, 0.5) is 0 Å². The van der Waals surface area contributed by atoms with Gasteiger partial charge in [0.2, 0.25) is 0 Å². The van der Waals surface area contributed by atoms with Gasteiger partial charge in [0.15, 0.2) is 0 Å². The second-order valence-corrected chi connectivity index (χ2v) is 6.50. The highest BCUT2D eigenvalue weighted by molar-refractivity contribution is 5.84. The third-order valence-corrected chi connectivity index (χ3v) is 4.83. The first-order valence-corrected chi connectivity index (χ1v) is 9.16. The van der Waals surface area contributed by atoms with Crippen LogP contribution in [0.1, 0.15) is 58.4 Å². The van der Waals surface area contributed by atoms with E-state index >= 15 is 0 Å². The molecule has 1 saturated carbocycles. The summed E-state index contributed by atoms with van der Waals surface area (Å²) >= 11 is 0. The molecule has 2 aromatic rings. The number of carbonyl (C=O) groups is 1. The van der Waals surface area contributed by atoms with Crippen molar-refractivity contribution in [1.29, 1.82) is 0 Å². The Bertz CT molecular complexity index is 685. The third-order valence-electron chi connectivity index (χ3n) is 4.83. The van der Waals surface area contributed by atoms with Crippen LogP contribution in [0.5, 0.6) is 5.75 Å². The van der Waals surface area contributed by atoms with E-state index in [0.29, 0.717) is 6.61 Å². The second kappa shape index (κ2) is 7.73. The molecule has 4 nitrogen and oxygen atoms in total. The maximum absolute atomic E-state index is 12.7. The molecule has 1 unspecified atom stereocenters. The molecule has 0 spiro atoms. The average molecular weight is 329 g/mol. The highest BCUT2D eigenvalue weighted by atomic mass is 16.5. The van der Waals surface area contributed by atoms with Gasteiger partial charge in [-0.05, 0) is 63.3 Å². The van der Waals surface area contributed by atoms with E-state index in [1.807, 2.05) is 48.9 Å². The second-order valence-electron chi connectivity index (χ2n) is 6.50. The minimum absolute atomic E-state index is 0.101.